The molecule has 4 aliphatic rings. The quantitative estimate of drug-likeness (QED) is 0.488. The van der Waals surface area contributed by atoms with Crippen LogP contribution in [0.5, 0.6) is 17.2 Å². The van der Waals surface area contributed by atoms with Crippen LogP contribution in [0.15, 0.2) is 60.7 Å². The predicted molar refractivity (Wildman–Crippen MR) is 146 cm³/mol. The summed E-state index contributed by atoms with van der Waals surface area (Å²) in [5, 5.41) is 3.26. The van der Waals surface area contributed by atoms with Crippen molar-refractivity contribution in [3.63, 3.8) is 0 Å². The minimum atomic E-state index is -0.973. The van der Waals surface area contributed by atoms with Gasteiger partial charge in [-0.3, -0.25) is 9.59 Å². The molecule has 2 amide bonds. The van der Waals surface area contributed by atoms with E-state index in [0.717, 1.165) is 35.2 Å². The molecule has 1 saturated carbocycles. The molecule has 0 saturated heterocycles. The first-order valence-electron chi connectivity index (χ1n) is 13.9. The molecular formula is C32H32N2O5. The summed E-state index contributed by atoms with van der Waals surface area (Å²) in [6.45, 7) is 2.77. The Morgan fingerprint density at radius 1 is 0.949 bits per heavy atom. The van der Waals surface area contributed by atoms with E-state index in [4.69, 9.17) is 14.2 Å². The van der Waals surface area contributed by atoms with Crippen molar-refractivity contribution in [1.29, 1.82) is 0 Å². The molecule has 200 valence electrons. The maximum Gasteiger partial charge on any atom is 0.251 e. The lowest BCUT2D eigenvalue weighted by Gasteiger charge is -2.28. The highest BCUT2D eigenvalue weighted by molar-refractivity contribution is 6.11. The third kappa shape index (κ3) is 3.78. The minimum Gasteiger partial charge on any atom is -0.491 e. The molecular weight excluding hydrogens is 492 g/mol. The summed E-state index contributed by atoms with van der Waals surface area (Å²) in [7, 11) is 0. The van der Waals surface area contributed by atoms with Gasteiger partial charge in [0, 0.05) is 28.9 Å². The molecule has 1 fully saturated rings. The maximum absolute atomic E-state index is 14.4. The van der Waals surface area contributed by atoms with E-state index in [1.54, 1.807) is 4.90 Å². The zero-order chi connectivity index (χ0) is 26.6. The summed E-state index contributed by atoms with van der Waals surface area (Å²) in [6.07, 6.45) is 6.07. The van der Waals surface area contributed by atoms with Crippen LogP contribution in [0.25, 0.3) is 0 Å². The van der Waals surface area contributed by atoms with Gasteiger partial charge in [-0.25, -0.2) is 0 Å². The van der Waals surface area contributed by atoms with Crippen molar-refractivity contribution in [2.75, 3.05) is 18.3 Å². The summed E-state index contributed by atoms with van der Waals surface area (Å²) in [5.41, 5.74) is 2.98. The molecule has 1 unspecified atom stereocenters. The SMILES string of the molecule is C[C@H](NC(=O)c1ccccc1CN1C(=O)C2(COc3cc4c(cc32)OCO4)c2ccccc21)C1CCCCC1. The number of anilines is 1. The van der Waals surface area contributed by atoms with Crippen LogP contribution in [-0.4, -0.2) is 31.3 Å². The molecule has 0 aromatic heterocycles. The van der Waals surface area contributed by atoms with Gasteiger partial charge < -0.3 is 24.4 Å². The van der Waals surface area contributed by atoms with Gasteiger partial charge in [-0.05, 0) is 55.0 Å². The fourth-order valence-electron chi connectivity index (χ4n) is 6.81. The van der Waals surface area contributed by atoms with E-state index in [1.165, 1.54) is 19.3 Å². The fraction of sp³-hybridized carbons (Fsp3) is 0.375. The third-order valence-corrected chi connectivity index (χ3v) is 8.95. The van der Waals surface area contributed by atoms with Gasteiger partial charge >= 0.3 is 0 Å². The summed E-state index contributed by atoms with van der Waals surface area (Å²) in [6, 6.07) is 19.3. The van der Waals surface area contributed by atoms with Crippen LogP contribution in [0.3, 0.4) is 0 Å². The molecule has 3 heterocycles. The maximum atomic E-state index is 14.4. The molecule has 0 bridgehead atoms. The van der Waals surface area contributed by atoms with E-state index in [2.05, 4.69) is 12.2 Å². The summed E-state index contributed by atoms with van der Waals surface area (Å²) in [4.78, 5) is 29.7. The highest BCUT2D eigenvalue weighted by Crippen LogP contribution is 2.55. The van der Waals surface area contributed by atoms with Gasteiger partial charge in [0.2, 0.25) is 12.7 Å². The first-order valence-corrected chi connectivity index (χ1v) is 13.9. The molecule has 3 aromatic rings. The Morgan fingerprint density at radius 2 is 1.69 bits per heavy atom. The third-order valence-electron chi connectivity index (χ3n) is 8.95. The number of para-hydroxylation sites is 1. The second-order valence-electron chi connectivity index (χ2n) is 11.1. The topological polar surface area (TPSA) is 77.1 Å². The number of nitrogens with zero attached hydrogens (tertiary/aromatic N) is 1. The second kappa shape index (κ2) is 9.33. The van der Waals surface area contributed by atoms with Gasteiger partial charge in [0.15, 0.2) is 11.5 Å². The fourth-order valence-corrected chi connectivity index (χ4v) is 6.81. The van der Waals surface area contributed by atoms with Crippen molar-refractivity contribution in [3.05, 3.63) is 82.9 Å². The molecule has 7 heteroatoms. The molecule has 2 atom stereocenters. The Kier molecular flexibility index (Phi) is 5.76. The number of amides is 2. The van der Waals surface area contributed by atoms with Gasteiger partial charge in [-0.1, -0.05) is 55.7 Å². The molecule has 7 nitrogen and oxygen atoms in total. The number of rotatable bonds is 5. The Bertz CT molecular complexity index is 1460. The summed E-state index contributed by atoms with van der Waals surface area (Å²) < 4.78 is 17.3. The Labute approximate surface area is 228 Å². The zero-order valence-electron chi connectivity index (χ0n) is 22.1. The Morgan fingerprint density at radius 3 is 2.54 bits per heavy atom. The van der Waals surface area contributed by atoms with Crippen LogP contribution in [0, 0.1) is 5.92 Å². The lowest BCUT2D eigenvalue weighted by atomic mass is 9.77. The lowest BCUT2D eigenvalue weighted by molar-refractivity contribution is -0.122. The number of fused-ring (bicyclic) bond motifs is 5. The van der Waals surface area contributed by atoms with Crippen LogP contribution in [0.2, 0.25) is 0 Å². The van der Waals surface area contributed by atoms with Crippen molar-refractivity contribution < 1.29 is 23.8 Å². The molecule has 3 aromatic carbocycles. The van der Waals surface area contributed by atoms with Gasteiger partial charge in [0.1, 0.15) is 17.8 Å². The Hall–Kier alpha value is -4.00. The van der Waals surface area contributed by atoms with E-state index in [9.17, 15) is 9.59 Å². The monoisotopic (exact) mass is 524 g/mol. The number of carbonyl (C=O) groups excluding carboxylic acids is 2. The first kappa shape index (κ1) is 24.1. The average molecular weight is 525 g/mol. The lowest BCUT2D eigenvalue weighted by Crippen LogP contribution is -2.43. The molecule has 1 aliphatic carbocycles. The first-order chi connectivity index (χ1) is 19.1. The highest BCUT2D eigenvalue weighted by atomic mass is 16.7. The van der Waals surface area contributed by atoms with Gasteiger partial charge in [0.25, 0.3) is 5.91 Å². The van der Waals surface area contributed by atoms with Crippen molar-refractivity contribution in [2.45, 2.75) is 57.0 Å². The van der Waals surface area contributed by atoms with Crippen LogP contribution in [0.1, 0.15) is 66.1 Å². The Balaban J connectivity index is 1.21. The predicted octanol–water partition coefficient (Wildman–Crippen LogP) is 5.34. The van der Waals surface area contributed by atoms with E-state index >= 15 is 0 Å². The zero-order valence-corrected chi connectivity index (χ0v) is 22.1. The molecule has 1 spiro atoms. The van der Waals surface area contributed by atoms with Crippen LogP contribution < -0.4 is 24.4 Å². The van der Waals surface area contributed by atoms with Crippen molar-refractivity contribution >= 4 is 17.5 Å². The largest absolute Gasteiger partial charge is 0.491 e. The smallest absolute Gasteiger partial charge is 0.251 e. The number of benzene rings is 3. The van der Waals surface area contributed by atoms with Gasteiger partial charge in [-0.15, -0.1) is 0 Å². The van der Waals surface area contributed by atoms with Gasteiger partial charge in [-0.2, -0.15) is 0 Å². The number of hydrogen-bond donors (Lipinski definition) is 1. The highest BCUT2D eigenvalue weighted by Gasteiger charge is 2.57. The van der Waals surface area contributed by atoms with Crippen LogP contribution in [-0.2, 0) is 16.8 Å². The van der Waals surface area contributed by atoms with Crippen molar-refractivity contribution in [1.82, 2.24) is 5.32 Å². The van der Waals surface area contributed by atoms with Crippen molar-refractivity contribution in [3.8, 4) is 17.2 Å². The van der Waals surface area contributed by atoms with E-state index < -0.39 is 5.41 Å². The number of carbonyl (C=O) groups is 2. The average Bonchev–Trinajstić information content (AvgIpc) is 3.65. The standard InChI is InChI=1S/C32H32N2O5/c1-20(21-9-3-2-4-10-21)33-30(35)23-12-6-5-11-22(23)17-34-26-14-8-7-13-24(26)32(31(34)36)18-37-27-16-29-28(15-25(27)32)38-19-39-29/h5-8,11-16,20-21H,2-4,9-10,17-19H2,1H3,(H,33,35)/t20-,32?/m0/s1. The van der Waals surface area contributed by atoms with Crippen molar-refractivity contribution in [2.24, 2.45) is 5.92 Å². The van der Waals surface area contributed by atoms with E-state index in [-0.39, 0.29) is 31.3 Å². The molecule has 7 rings (SSSR count). The molecule has 3 aliphatic heterocycles. The van der Waals surface area contributed by atoms with E-state index in [0.29, 0.717) is 35.3 Å². The summed E-state index contributed by atoms with van der Waals surface area (Å²) >= 11 is 0. The van der Waals surface area contributed by atoms with Crippen LogP contribution in [0.4, 0.5) is 5.69 Å². The summed E-state index contributed by atoms with van der Waals surface area (Å²) in [5.74, 6) is 2.26. The molecule has 0 radical (unpaired) electrons. The van der Waals surface area contributed by atoms with Crippen LogP contribution >= 0.6 is 0 Å². The molecule has 1 N–H and O–H groups in total. The number of nitrogens with one attached hydrogen (secondary N) is 1. The van der Waals surface area contributed by atoms with Gasteiger partial charge in [0.05, 0.1) is 6.54 Å². The second-order valence-corrected chi connectivity index (χ2v) is 11.1. The number of ether oxygens (including phenoxy) is 3. The molecule has 39 heavy (non-hydrogen) atoms. The minimum absolute atomic E-state index is 0.0629. The van der Waals surface area contributed by atoms with E-state index in [1.807, 2.05) is 60.7 Å². The number of hydrogen-bond acceptors (Lipinski definition) is 5. The normalized spacial score (nSPS) is 22.0.